The summed E-state index contributed by atoms with van der Waals surface area (Å²) in [5.41, 5.74) is 0.768. The lowest BCUT2D eigenvalue weighted by atomic mass is 10.2. The summed E-state index contributed by atoms with van der Waals surface area (Å²) in [5.74, 6) is 1.41. The molecule has 16 heavy (non-hydrogen) atoms. The quantitative estimate of drug-likeness (QED) is 0.802. The Balaban J connectivity index is 1.66. The molecule has 3 rings (SSSR count). The summed E-state index contributed by atoms with van der Waals surface area (Å²) in [4.78, 5) is 11.9. The van der Waals surface area contributed by atoms with Gasteiger partial charge in [0.25, 0.3) is 5.91 Å². The largest absolute Gasteiger partial charge is 0.349 e. The highest BCUT2D eigenvalue weighted by atomic mass is 127. The zero-order chi connectivity index (χ0) is 11.1. The second-order valence-corrected chi connectivity index (χ2v) is 5.74. The van der Waals surface area contributed by atoms with E-state index >= 15 is 0 Å². The number of carbonyl (C=O) groups is 1. The Morgan fingerprint density at radius 1 is 1.38 bits per heavy atom. The first-order chi connectivity index (χ1) is 7.75. The molecule has 2 atom stereocenters. The molecule has 2 N–H and O–H groups in total. The van der Waals surface area contributed by atoms with E-state index in [1.807, 2.05) is 24.3 Å². The topological polar surface area (TPSA) is 41.1 Å². The molecule has 1 aliphatic heterocycles. The highest BCUT2D eigenvalue weighted by molar-refractivity contribution is 14.1. The summed E-state index contributed by atoms with van der Waals surface area (Å²) < 4.78 is 1.10. The van der Waals surface area contributed by atoms with E-state index in [1.54, 1.807) is 0 Å². The number of piperidine rings is 1. The van der Waals surface area contributed by atoms with Gasteiger partial charge < -0.3 is 10.6 Å². The molecule has 1 heterocycles. The third-order valence-corrected chi connectivity index (χ3v) is 4.15. The van der Waals surface area contributed by atoms with Crippen molar-refractivity contribution in [2.24, 2.45) is 11.8 Å². The van der Waals surface area contributed by atoms with Gasteiger partial charge in [0.05, 0.1) is 0 Å². The van der Waals surface area contributed by atoms with Crippen LogP contribution in [0.3, 0.4) is 0 Å². The Hall–Kier alpha value is -0.620. The molecule has 0 radical (unpaired) electrons. The Labute approximate surface area is 108 Å². The second-order valence-electron chi connectivity index (χ2n) is 4.50. The Morgan fingerprint density at radius 2 is 2.12 bits per heavy atom. The van der Waals surface area contributed by atoms with Gasteiger partial charge in [0.15, 0.2) is 0 Å². The number of hydrogen-bond acceptors (Lipinski definition) is 2. The Morgan fingerprint density at radius 3 is 2.81 bits per heavy atom. The van der Waals surface area contributed by atoms with Crippen LogP contribution < -0.4 is 10.6 Å². The summed E-state index contributed by atoms with van der Waals surface area (Å²) in [7, 11) is 0. The summed E-state index contributed by atoms with van der Waals surface area (Å²) in [5, 5.41) is 6.44. The van der Waals surface area contributed by atoms with Crippen molar-refractivity contribution < 1.29 is 4.79 Å². The van der Waals surface area contributed by atoms with Crippen LogP contribution in [-0.2, 0) is 0 Å². The number of hydrogen-bond donors (Lipinski definition) is 2. The maximum Gasteiger partial charge on any atom is 0.251 e. The standard InChI is InChI=1S/C12H13IN2O/c13-8-3-1-2-7(4-8)12(16)15-11-9-5-14-6-10(9)11/h1-4,9-11,14H,5-6H2,(H,15,16). The average molecular weight is 328 g/mol. The third kappa shape index (κ3) is 1.84. The summed E-state index contributed by atoms with van der Waals surface area (Å²) >= 11 is 2.22. The molecule has 2 unspecified atom stereocenters. The minimum absolute atomic E-state index is 0.0675. The van der Waals surface area contributed by atoms with Crippen molar-refractivity contribution in [3.8, 4) is 0 Å². The summed E-state index contributed by atoms with van der Waals surface area (Å²) in [6, 6.07) is 8.12. The van der Waals surface area contributed by atoms with Gasteiger partial charge in [-0.3, -0.25) is 4.79 Å². The number of fused-ring (bicyclic) bond motifs is 1. The average Bonchev–Trinajstić information content (AvgIpc) is 2.74. The van der Waals surface area contributed by atoms with Crippen molar-refractivity contribution in [2.75, 3.05) is 13.1 Å². The smallest absolute Gasteiger partial charge is 0.251 e. The number of nitrogens with one attached hydrogen (secondary N) is 2. The summed E-state index contributed by atoms with van der Waals surface area (Å²) in [6.45, 7) is 2.11. The molecule has 1 aromatic carbocycles. The van der Waals surface area contributed by atoms with Gasteiger partial charge in [0.2, 0.25) is 0 Å². The lowest BCUT2D eigenvalue weighted by molar-refractivity contribution is 0.0946. The molecule has 1 aromatic rings. The van der Waals surface area contributed by atoms with E-state index in [1.165, 1.54) is 0 Å². The third-order valence-electron chi connectivity index (χ3n) is 3.48. The molecule has 84 valence electrons. The molecule has 0 bridgehead atoms. The van der Waals surface area contributed by atoms with Gasteiger partial charge in [0, 0.05) is 28.3 Å². The molecule has 4 heteroatoms. The van der Waals surface area contributed by atoms with E-state index in [0.717, 1.165) is 22.2 Å². The molecule has 3 nitrogen and oxygen atoms in total. The van der Waals surface area contributed by atoms with Crippen molar-refractivity contribution in [3.05, 3.63) is 33.4 Å². The van der Waals surface area contributed by atoms with Gasteiger partial charge in [-0.1, -0.05) is 6.07 Å². The van der Waals surface area contributed by atoms with Gasteiger partial charge in [-0.15, -0.1) is 0 Å². The summed E-state index contributed by atoms with van der Waals surface area (Å²) in [6.07, 6.45) is 0. The lowest BCUT2D eigenvalue weighted by Gasteiger charge is -2.07. The van der Waals surface area contributed by atoms with Crippen LogP contribution in [0.25, 0.3) is 0 Å². The van der Waals surface area contributed by atoms with Gasteiger partial charge in [-0.2, -0.15) is 0 Å². The number of halogens is 1. The zero-order valence-electron chi connectivity index (χ0n) is 8.74. The molecular formula is C12H13IN2O. The first-order valence-corrected chi connectivity index (χ1v) is 6.61. The van der Waals surface area contributed by atoms with Crippen LogP contribution in [0.1, 0.15) is 10.4 Å². The van der Waals surface area contributed by atoms with Crippen LogP contribution in [0.5, 0.6) is 0 Å². The van der Waals surface area contributed by atoms with Crippen molar-refractivity contribution in [1.29, 1.82) is 0 Å². The van der Waals surface area contributed by atoms with E-state index in [4.69, 9.17) is 0 Å². The van der Waals surface area contributed by atoms with Gasteiger partial charge in [-0.05, 0) is 52.6 Å². The fourth-order valence-electron chi connectivity index (χ4n) is 2.50. The molecule has 1 saturated carbocycles. The predicted octanol–water partition coefficient (Wildman–Crippen LogP) is 1.24. The molecule has 0 aromatic heterocycles. The monoisotopic (exact) mass is 328 g/mol. The number of benzene rings is 1. The van der Waals surface area contributed by atoms with E-state index in [-0.39, 0.29) is 5.91 Å². The van der Waals surface area contributed by atoms with Crippen LogP contribution in [0.4, 0.5) is 0 Å². The van der Waals surface area contributed by atoms with E-state index in [9.17, 15) is 4.79 Å². The Kier molecular flexibility index (Phi) is 2.63. The maximum absolute atomic E-state index is 11.9. The van der Waals surface area contributed by atoms with Crippen LogP contribution in [0, 0.1) is 15.4 Å². The van der Waals surface area contributed by atoms with Crippen LogP contribution in [0.2, 0.25) is 0 Å². The first-order valence-electron chi connectivity index (χ1n) is 5.53. The Bertz CT molecular complexity index is 425. The predicted molar refractivity (Wildman–Crippen MR) is 70.3 cm³/mol. The molecule has 2 aliphatic rings. The second kappa shape index (κ2) is 4.00. The first kappa shape index (κ1) is 10.5. The van der Waals surface area contributed by atoms with Crippen molar-refractivity contribution in [3.63, 3.8) is 0 Å². The normalized spacial score (nSPS) is 30.9. The van der Waals surface area contributed by atoms with E-state index < -0.39 is 0 Å². The molecular weight excluding hydrogens is 315 g/mol. The molecule has 2 fully saturated rings. The molecule has 0 spiro atoms. The minimum Gasteiger partial charge on any atom is -0.349 e. The number of carbonyl (C=O) groups excluding carboxylic acids is 1. The van der Waals surface area contributed by atoms with Crippen molar-refractivity contribution in [2.45, 2.75) is 6.04 Å². The van der Waals surface area contributed by atoms with Gasteiger partial charge in [-0.25, -0.2) is 0 Å². The van der Waals surface area contributed by atoms with Crippen LogP contribution >= 0.6 is 22.6 Å². The zero-order valence-corrected chi connectivity index (χ0v) is 10.9. The molecule has 1 amide bonds. The van der Waals surface area contributed by atoms with Crippen molar-refractivity contribution >= 4 is 28.5 Å². The minimum atomic E-state index is 0.0675. The number of amides is 1. The van der Waals surface area contributed by atoms with Gasteiger partial charge in [0.1, 0.15) is 0 Å². The van der Waals surface area contributed by atoms with Crippen LogP contribution in [0.15, 0.2) is 24.3 Å². The number of rotatable bonds is 2. The lowest BCUT2D eigenvalue weighted by Crippen LogP contribution is -2.32. The van der Waals surface area contributed by atoms with Crippen LogP contribution in [-0.4, -0.2) is 25.0 Å². The molecule has 1 aliphatic carbocycles. The SMILES string of the molecule is O=C(NC1C2CNCC21)c1cccc(I)c1. The highest BCUT2D eigenvalue weighted by Gasteiger charge is 2.53. The van der Waals surface area contributed by atoms with E-state index in [2.05, 4.69) is 33.2 Å². The van der Waals surface area contributed by atoms with Crippen molar-refractivity contribution in [1.82, 2.24) is 10.6 Å². The maximum atomic E-state index is 11.9. The fourth-order valence-corrected chi connectivity index (χ4v) is 3.04. The highest BCUT2D eigenvalue weighted by Crippen LogP contribution is 2.41. The van der Waals surface area contributed by atoms with E-state index in [0.29, 0.717) is 17.9 Å². The van der Waals surface area contributed by atoms with Gasteiger partial charge >= 0.3 is 0 Å². The fraction of sp³-hybridized carbons (Fsp3) is 0.417. The molecule has 1 saturated heterocycles.